The largest absolute Gasteiger partial charge is 0.391 e. The first-order valence-electron chi connectivity index (χ1n) is 10.2. The van der Waals surface area contributed by atoms with Gasteiger partial charge >= 0.3 is 0 Å². The van der Waals surface area contributed by atoms with Crippen molar-refractivity contribution in [1.82, 2.24) is 15.4 Å². The molecule has 0 saturated carbocycles. The predicted octanol–water partition coefficient (Wildman–Crippen LogP) is 2.75. The molecule has 1 aromatic carbocycles. The number of aliphatic hydroxyl groups is 1. The molecule has 30 heavy (non-hydrogen) atoms. The standard InChI is InChI=1S/C18H29N5O2.C4H10O.H2/c1-19-18-13-23(24)10-8-16(18)12-20-21-17-6-4-15(5-7-17)9-11-25-14-22(2)3;1-4(2,3)5;/h4-7,12,20-21,24H,8-11,13-14H2,1-3H3;5H,1-3H3;1H/b16-12-,19-18?;;. The van der Waals surface area contributed by atoms with Crippen molar-refractivity contribution in [2.45, 2.75) is 39.2 Å². The lowest BCUT2D eigenvalue weighted by Gasteiger charge is -2.24. The molecule has 4 N–H and O–H groups in total. The monoisotopic (exact) mass is 423 g/mol. The molecule has 1 aromatic rings. The zero-order valence-corrected chi connectivity index (χ0v) is 19.3. The molecule has 0 spiro atoms. The van der Waals surface area contributed by atoms with Crippen LogP contribution in [0.5, 0.6) is 0 Å². The summed E-state index contributed by atoms with van der Waals surface area (Å²) in [6.45, 7) is 7.68. The fraction of sp³-hybridized carbons (Fsp3) is 0.591. The molecule has 1 aliphatic rings. The minimum atomic E-state index is -0.500. The molecule has 8 heteroatoms. The van der Waals surface area contributed by atoms with Gasteiger partial charge in [0, 0.05) is 21.2 Å². The Balaban J connectivity index is 0.00000135. The van der Waals surface area contributed by atoms with Gasteiger partial charge in [-0.15, -0.1) is 0 Å². The Morgan fingerprint density at radius 1 is 1.27 bits per heavy atom. The van der Waals surface area contributed by atoms with Gasteiger partial charge in [-0.3, -0.25) is 9.89 Å². The highest BCUT2D eigenvalue weighted by Crippen LogP contribution is 2.13. The highest BCUT2D eigenvalue weighted by molar-refractivity contribution is 6.02. The molecule has 172 valence electrons. The summed E-state index contributed by atoms with van der Waals surface area (Å²) >= 11 is 0. The smallest absolute Gasteiger partial charge is 0.0985 e. The van der Waals surface area contributed by atoms with E-state index in [0.29, 0.717) is 19.8 Å². The first kappa shape index (κ1) is 26.1. The van der Waals surface area contributed by atoms with E-state index in [1.807, 2.05) is 37.3 Å². The van der Waals surface area contributed by atoms with Gasteiger partial charge in [0.2, 0.25) is 0 Å². The summed E-state index contributed by atoms with van der Waals surface area (Å²) in [7, 11) is 5.73. The van der Waals surface area contributed by atoms with Gasteiger partial charge < -0.3 is 25.9 Å². The van der Waals surface area contributed by atoms with E-state index in [2.05, 4.69) is 28.0 Å². The van der Waals surface area contributed by atoms with Crippen LogP contribution in [0.25, 0.3) is 0 Å². The van der Waals surface area contributed by atoms with Crippen LogP contribution < -0.4 is 10.9 Å². The predicted molar refractivity (Wildman–Crippen MR) is 125 cm³/mol. The van der Waals surface area contributed by atoms with E-state index in [-0.39, 0.29) is 1.43 Å². The SMILES string of the molecule is CC(C)(C)O.CN=C1CN(O)CC/C1=C/NNc1ccc(CCOCN(C)C)cc1.[HH]. The molecule has 1 saturated heterocycles. The molecule has 0 unspecified atom stereocenters. The van der Waals surface area contributed by atoms with Crippen LogP contribution in [-0.2, 0) is 11.2 Å². The Hall–Kier alpha value is -1.97. The number of piperidine rings is 1. The maximum absolute atomic E-state index is 9.54. The summed E-state index contributed by atoms with van der Waals surface area (Å²) in [5, 5.41) is 19.3. The molecular formula is C22H41N5O3. The van der Waals surface area contributed by atoms with Crippen LogP contribution in [0.15, 0.2) is 41.0 Å². The van der Waals surface area contributed by atoms with Gasteiger partial charge in [-0.1, -0.05) is 12.1 Å². The number of hydrazine groups is 1. The van der Waals surface area contributed by atoms with Crippen molar-refractivity contribution >= 4 is 11.4 Å². The topological polar surface area (TPSA) is 92.6 Å². The third-order valence-electron chi connectivity index (χ3n) is 3.91. The van der Waals surface area contributed by atoms with E-state index < -0.39 is 5.60 Å². The van der Waals surface area contributed by atoms with Crippen molar-refractivity contribution in [3.05, 3.63) is 41.6 Å². The fourth-order valence-electron chi connectivity index (χ4n) is 2.52. The molecule has 0 atom stereocenters. The van der Waals surface area contributed by atoms with Crippen molar-refractivity contribution in [3.63, 3.8) is 0 Å². The summed E-state index contributed by atoms with van der Waals surface area (Å²) in [6.07, 6.45) is 3.58. The van der Waals surface area contributed by atoms with Gasteiger partial charge in [0.1, 0.15) is 0 Å². The summed E-state index contributed by atoms with van der Waals surface area (Å²) in [5.41, 5.74) is 10.0. The molecule has 1 fully saturated rings. The highest BCUT2D eigenvalue weighted by atomic mass is 16.5. The van der Waals surface area contributed by atoms with Gasteiger partial charge in [-0.05, 0) is 71.0 Å². The van der Waals surface area contributed by atoms with Crippen molar-refractivity contribution in [3.8, 4) is 0 Å². The van der Waals surface area contributed by atoms with Crippen molar-refractivity contribution in [1.29, 1.82) is 0 Å². The van der Waals surface area contributed by atoms with E-state index in [1.165, 1.54) is 10.6 Å². The molecule has 0 amide bonds. The molecule has 1 heterocycles. The number of nitrogens with one attached hydrogen (secondary N) is 2. The molecule has 0 aliphatic carbocycles. The van der Waals surface area contributed by atoms with Gasteiger partial charge in [-0.2, -0.15) is 5.06 Å². The Morgan fingerprint density at radius 2 is 1.90 bits per heavy atom. The van der Waals surface area contributed by atoms with Crippen molar-refractivity contribution in [2.24, 2.45) is 4.99 Å². The third-order valence-corrected chi connectivity index (χ3v) is 3.91. The number of rotatable bonds is 8. The molecule has 8 nitrogen and oxygen atoms in total. The number of hydrogen-bond donors (Lipinski definition) is 4. The second-order valence-electron chi connectivity index (χ2n) is 8.48. The maximum atomic E-state index is 9.54. The van der Waals surface area contributed by atoms with E-state index in [9.17, 15) is 5.21 Å². The first-order chi connectivity index (χ1) is 14.1. The molecule has 2 rings (SSSR count). The van der Waals surface area contributed by atoms with Crippen LogP contribution in [0.4, 0.5) is 5.69 Å². The van der Waals surface area contributed by atoms with Crippen molar-refractivity contribution < 1.29 is 16.5 Å². The average Bonchev–Trinajstić information content (AvgIpc) is 2.66. The third kappa shape index (κ3) is 12.6. The molecule has 0 aromatic heterocycles. The molecule has 0 bridgehead atoms. The number of hydroxylamine groups is 2. The normalized spacial score (nSPS) is 17.8. The van der Waals surface area contributed by atoms with Crippen LogP contribution in [0.1, 0.15) is 34.2 Å². The molecular weight excluding hydrogens is 382 g/mol. The van der Waals surface area contributed by atoms with Crippen LogP contribution in [0.2, 0.25) is 0 Å². The second-order valence-corrected chi connectivity index (χ2v) is 8.48. The van der Waals surface area contributed by atoms with E-state index in [0.717, 1.165) is 36.4 Å². The van der Waals surface area contributed by atoms with E-state index >= 15 is 0 Å². The van der Waals surface area contributed by atoms with Crippen LogP contribution in [0, 0.1) is 0 Å². The number of anilines is 1. The molecule has 1 aliphatic heterocycles. The Bertz CT molecular complexity index is 667. The minimum absolute atomic E-state index is 0. The van der Waals surface area contributed by atoms with E-state index in [4.69, 9.17) is 9.84 Å². The summed E-state index contributed by atoms with van der Waals surface area (Å²) in [6, 6.07) is 8.27. The van der Waals surface area contributed by atoms with Crippen LogP contribution >= 0.6 is 0 Å². The van der Waals surface area contributed by atoms with Crippen LogP contribution in [-0.4, -0.2) is 79.2 Å². The fourth-order valence-corrected chi connectivity index (χ4v) is 2.52. The lowest BCUT2D eigenvalue weighted by molar-refractivity contribution is -0.0782. The number of aliphatic imine (C=N–C) groups is 1. The average molecular weight is 424 g/mol. The number of hydrogen-bond acceptors (Lipinski definition) is 8. The van der Waals surface area contributed by atoms with Crippen molar-refractivity contribution in [2.75, 3.05) is 53.0 Å². The number of nitrogens with zero attached hydrogens (tertiary/aromatic N) is 3. The summed E-state index contributed by atoms with van der Waals surface area (Å²) in [5.74, 6) is 0. The Labute approximate surface area is 182 Å². The first-order valence-corrected chi connectivity index (χ1v) is 10.2. The Kier molecular flexibility index (Phi) is 11.6. The number of benzene rings is 1. The van der Waals surface area contributed by atoms with Gasteiger partial charge in [-0.25, -0.2) is 0 Å². The highest BCUT2D eigenvalue weighted by Gasteiger charge is 2.17. The lowest BCUT2D eigenvalue weighted by atomic mass is 10.0. The van der Waals surface area contributed by atoms with E-state index in [1.54, 1.807) is 27.8 Å². The van der Waals surface area contributed by atoms with Crippen LogP contribution in [0.3, 0.4) is 0 Å². The summed E-state index contributed by atoms with van der Waals surface area (Å²) in [4.78, 5) is 6.23. The lowest BCUT2D eigenvalue weighted by Crippen LogP contribution is -2.35. The quantitative estimate of drug-likeness (QED) is 0.290. The zero-order valence-electron chi connectivity index (χ0n) is 19.3. The second kappa shape index (κ2) is 13.4. The maximum Gasteiger partial charge on any atom is 0.0985 e. The van der Waals surface area contributed by atoms with Gasteiger partial charge in [0.25, 0.3) is 0 Å². The van der Waals surface area contributed by atoms with Gasteiger partial charge in [0.05, 0.1) is 36.9 Å². The van der Waals surface area contributed by atoms with Gasteiger partial charge in [0.15, 0.2) is 0 Å². The minimum Gasteiger partial charge on any atom is -0.391 e. The Morgan fingerprint density at radius 3 is 2.47 bits per heavy atom. The zero-order chi connectivity index (χ0) is 22.6. The molecule has 0 radical (unpaired) electrons. The summed E-state index contributed by atoms with van der Waals surface area (Å²) < 4.78 is 5.55. The number of ether oxygens (including phenoxy) is 1.